The molecule has 0 bridgehead atoms. The van der Waals surface area contributed by atoms with Crippen LogP contribution < -0.4 is 0 Å². The van der Waals surface area contributed by atoms with Crippen LogP contribution in [0.25, 0.3) is 43.8 Å². The third-order valence-electron chi connectivity index (χ3n) is 7.17. The standard InChI is InChI=1S/2C17H12F3.C2H6Si.2ClH.Zr/c2*1-11-8-12-5-3-7-15(16(12)9-11)13-4-2-6-14(10-13)17(18,19)20;1-3-2;;;/h2*2-10H,1H3;1-2H3;2*1H;/q2*-1;;;;+2/p-2. The summed E-state index contributed by atoms with van der Waals surface area (Å²) in [5.74, 6) is 0. The third kappa shape index (κ3) is 9.25. The Kier molecular flexibility index (Phi) is 11.9. The van der Waals surface area contributed by atoms with E-state index >= 15 is 0 Å². The summed E-state index contributed by atoms with van der Waals surface area (Å²) in [6.07, 6.45) is -8.63. The summed E-state index contributed by atoms with van der Waals surface area (Å²) >= 11 is -1.65. The van der Waals surface area contributed by atoms with Crippen LogP contribution in [0.5, 0.6) is 0 Å². The monoisotopic (exact) mass is 764 g/mol. The molecule has 0 radical (unpaired) electrons. The molecule has 0 saturated carbocycles. The zero-order valence-corrected chi connectivity index (χ0v) is 30.4. The quantitative estimate of drug-likeness (QED) is 0.0935. The van der Waals surface area contributed by atoms with Gasteiger partial charge in [0.05, 0.1) is 11.1 Å². The first kappa shape index (κ1) is 36.2. The van der Waals surface area contributed by atoms with Gasteiger partial charge in [0.25, 0.3) is 0 Å². The van der Waals surface area contributed by atoms with Crippen molar-refractivity contribution in [1.82, 2.24) is 0 Å². The first-order chi connectivity index (χ1) is 21.5. The molecule has 6 aromatic rings. The SMILES string of the molecule is C[Si](C)=[Zr]([Cl])[Cl].Cc1cc2c(-c3cccc(C(F)(F)F)c3)cccc2[cH-]1.Cc1cc2c(-c3cccc(C(F)(F)F)c3)cccc2[cH-]1. The van der Waals surface area contributed by atoms with Crippen molar-refractivity contribution in [1.29, 1.82) is 0 Å². The fourth-order valence-electron chi connectivity index (χ4n) is 5.00. The number of halogens is 8. The van der Waals surface area contributed by atoms with Gasteiger partial charge in [-0.25, -0.2) is 0 Å². The van der Waals surface area contributed by atoms with E-state index in [1.807, 2.05) is 74.5 Å². The van der Waals surface area contributed by atoms with E-state index < -0.39 is 41.5 Å². The minimum atomic E-state index is -4.31. The van der Waals surface area contributed by atoms with E-state index in [-0.39, 0.29) is 5.43 Å². The average Bonchev–Trinajstić information content (AvgIpc) is 3.57. The van der Waals surface area contributed by atoms with Crippen LogP contribution in [-0.2, 0) is 30.3 Å². The van der Waals surface area contributed by atoms with Crippen molar-refractivity contribution in [2.45, 2.75) is 39.3 Å². The Labute approximate surface area is 279 Å². The Hall–Kier alpha value is -2.64. The van der Waals surface area contributed by atoms with Crippen molar-refractivity contribution in [2.75, 3.05) is 0 Å². The van der Waals surface area contributed by atoms with Crippen molar-refractivity contribution >= 4 is 44.0 Å². The minimum Gasteiger partial charge on any atom is -0.166 e. The van der Waals surface area contributed by atoms with Gasteiger partial charge in [-0.3, -0.25) is 0 Å². The molecular weight excluding hydrogens is 737 g/mol. The fourth-order valence-corrected chi connectivity index (χ4v) is 5.00. The first-order valence-corrected chi connectivity index (χ1v) is 26.7. The Balaban J connectivity index is 0.000000178. The Morgan fingerprint density at radius 2 is 0.913 bits per heavy atom. The van der Waals surface area contributed by atoms with Crippen molar-refractivity contribution in [3.05, 3.63) is 131 Å². The topological polar surface area (TPSA) is 0 Å². The van der Waals surface area contributed by atoms with E-state index in [0.29, 0.717) is 11.1 Å². The normalized spacial score (nSPS) is 11.5. The third-order valence-corrected chi connectivity index (χ3v) is 26.9. The summed E-state index contributed by atoms with van der Waals surface area (Å²) < 4.78 is 76.8. The van der Waals surface area contributed by atoms with Gasteiger partial charge in [0.2, 0.25) is 0 Å². The second-order valence-corrected chi connectivity index (χ2v) is 34.1. The van der Waals surface area contributed by atoms with Crippen LogP contribution in [0.3, 0.4) is 0 Å². The molecule has 0 fully saturated rings. The van der Waals surface area contributed by atoms with E-state index in [1.54, 1.807) is 12.1 Å². The molecule has 0 N–H and O–H groups in total. The maximum atomic E-state index is 12.8. The van der Waals surface area contributed by atoms with Gasteiger partial charge in [0.15, 0.2) is 0 Å². The number of rotatable bonds is 2. The van der Waals surface area contributed by atoms with Gasteiger partial charge >= 0.3 is 65.9 Å². The number of hydrogen-bond acceptors (Lipinski definition) is 0. The molecular formula is C36H30Cl2F6SiZr-2. The molecule has 0 aliphatic rings. The van der Waals surface area contributed by atoms with Gasteiger partial charge in [-0.2, -0.15) is 38.5 Å². The van der Waals surface area contributed by atoms with Gasteiger partial charge in [-0.05, 0) is 35.4 Å². The van der Waals surface area contributed by atoms with Crippen LogP contribution in [0, 0.1) is 13.8 Å². The average molecular weight is 767 g/mol. The van der Waals surface area contributed by atoms with E-state index in [9.17, 15) is 26.3 Å². The van der Waals surface area contributed by atoms with E-state index in [4.69, 9.17) is 17.0 Å². The molecule has 0 aliphatic carbocycles. The summed E-state index contributed by atoms with van der Waals surface area (Å²) in [6.45, 7) is 8.30. The maximum absolute atomic E-state index is 12.8. The number of aryl methyl sites for hydroxylation is 2. The van der Waals surface area contributed by atoms with Gasteiger partial charge in [0.1, 0.15) is 0 Å². The molecule has 0 heterocycles. The largest absolute Gasteiger partial charge is 0.416 e. The number of hydrogen-bond donors (Lipinski definition) is 0. The predicted molar refractivity (Wildman–Crippen MR) is 179 cm³/mol. The molecule has 0 aromatic heterocycles. The summed E-state index contributed by atoms with van der Waals surface area (Å²) in [5, 5.41) is 4.09. The van der Waals surface area contributed by atoms with Crippen LogP contribution in [0.4, 0.5) is 26.3 Å². The fraction of sp³-hybridized carbons (Fsp3) is 0.167. The number of benzene rings is 4. The summed E-state index contributed by atoms with van der Waals surface area (Å²) in [4.78, 5) is 0. The molecule has 0 nitrogen and oxygen atoms in total. The Bertz CT molecular complexity index is 1850. The number of alkyl halides is 6. The predicted octanol–water partition coefficient (Wildman–Crippen LogP) is 13.3. The van der Waals surface area contributed by atoms with Gasteiger partial charge in [0, 0.05) is 0 Å². The van der Waals surface area contributed by atoms with Crippen LogP contribution in [0.1, 0.15) is 22.3 Å². The molecule has 0 aliphatic heterocycles. The molecule has 0 saturated heterocycles. The van der Waals surface area contributed by atoms with Crippen molar-refractivity contribution in [2.24, 2.45) is 0 Å². The smallest absolute Gasteiger partial charge is 0.166 e. The van der Waals surface area contributed by atoms with Crippen molar-refractivity contribution < 1.29 is 44.3 Å². The Morgan fingerprint density at radius 1 is 0.565 bits per heavy atom. The van der Waals surface area contributed by atoms with Crippen LogP contribution in [0.15, 0.2) is 109 Å². The first-order valence-electron chi connectivity index (χ1n) is 14.2. The zero-order valence-electron chi connectivity index (χ0n) is 25.4. The number of fused-ring (bicyclic) bond motifs is 2. The van der Waals surface area contributed by atoms with E-state index in [0.717, 1.165) is 55.9 Å². The second-order valence-electron chi connectivity index (χ2n) is 11.1. The molecule has 0 atom stereocenters. The molecule has 46 heavy (non-hydrogen) atoms. The van der Waals surface area contributed by atoms with E-state index in [2.05, 4.69) is 13.1 Å². The van der Waals surface area contributed by atoms with Gasteiger partial charge < -0.3 is 0 Å². The van der Waals surface area contributed by atoms with Crippen molar-refractivity contribution in [3.63, 3.8) is 0 Å². The molecule has 6 aromatic carbocycles. The second kappa shape index (κ2) is 15.1. The molecule has 0 amide bonds. The van der Waals surface area contributed by atoms with Gasteiger partial charge in [-0.1, -0.05) is 61.4 Å². The van der Waals surface area contributed by atoms with Crippen molar-refractivity contribution in [3.8, 4) is 22.3 Å². The minimum absolute atomic E-state index is 0.224. The molecule has 10 heteroatoms. The Morgan fingerprint density at radius 3 is 1.24 bits per heavy atom. The van der Waals surface area contributed by atoms with Crippen LogP contribution in [0.2, 0.25) is 13.1 Å². The van der Waals surface area contributed by atoms with E-state index in [1.165, 1.54) is 24.3 Å². The van der Waals surface area contributed by atoms with Gasteiger partial charge in [-0.15, -0.1) is 69.1 Å². The maximum Gasteiger partial charge on any atom is 0.416 e. The van der Waals surface area contributed by atoms with Crippen LogP contribution in [-0.4, -0.2) is 5.43 Å². The zero-order chi connectivity index (χ0) is 33.8. The molecule has 6 rings (SSSR count). The molecule has 240 valence electrons. The summed E-state index contributed by atoms with van der Waals surface area (Å²) in [7, 11) is 11.2. The van der Waals surface area contributed by atoms with Crippen LogP contribution >= 0.6 is 17.0 Å². The summed E-state index contributed by atoms with van der Waals surface area (Å²) in [5.41, 5.74) is 3.62. The molecule has 0 unspecified atom stereocenters. The molecule has 0 spiro atoms. The summed E-state index contributed by atoms with van der Waals surface area (Å²) in [6, 6.07) is 30.4.